The molecule has 6 nitrogen and oxygen atoms in total. The van der Waals surface area contributed by atoms with E-state index in [1.807, 2.05) is 6.92 Å². The SMILES string of the molecule is Cc1ccnc(-c2cn(C)nc2C(=O)O)n1. The predicted octanol–water partition coefficient (Wildman–Crippen LogP) is 0.884. The molecule has 0 aromatic carbocycles. The minimum atomic E-state index is -1.08. The highest BCUT2D eigenvalue weighted by atomic mass is 16.4. The fraction of sp³-hybridized carbons (Fsp3) is 0.200. The third-order valence-electron chi connectivity index (χ3n) is 2.07. The normalized spacial score (nSPS) is 10.4. The summed E-state index contributed by atoms with van der Waals surface area (Å²) in [4.78, 5) is 19.2. The first kappa shape index (κ1) is 10.3. The molecule has 0 bridgehead atoms. The van der Waals surface area contributed by atoms with Crippen LogP contribution in [0.4, 0.5) is 0 Å². The number of aryl methyl sites for hydroxylation is 2. The molecular formula is C10H10N4O2. The summed E-state index contributed by atoms with van der Waals surface area (Å²) in [7, 11) is 1.66. The van der Waals surface area contributed by atoms with Crippen molar-refractivity contribution < 1.29 is 9.90 Å². The van der Waals surface area contributed by atoms with E-state index >= 15 is 0 Å². The molecule has 6 heteroatoms. The first-order chi connectivity index (χ1) is 7.58. The maximum atomic E-state index is 11.0. The number of carbonyl (C=O) groups is 1. The van der Waals surface area contributed by atoms with Gasteiger partial charge in [0.25, 0.3) is 0 Å². The summed E-state index contributed by atoms with van der Waals surface area (Å²) in [6.45, 7) is 1.82. The Morgan fingerprint density at radius 2 is 2.25 bits per heavy atom. The van der Waals surface area contributed by atoms with E-state index in [1.54, 1.807) is 25.5 Å². The number of carboxylic acids is 1. The predicted molar refractivity (Wildman–Crippen MR) is 55.9 cm³/mol. The molecule has 16 heavy (non-hydrogen) atoms. The lowest BCUT2D eigenvalue weighted by Gasteiger charge is -1.98. The second-order valence-corrected chi connectivity index (χ2v) is 3.39. The average molecular weight is 218 g/mol. The Morgan fingerprint density at radius 1 is 1.50 bits per heavy atom. The zero-order valence-electron chi connectivity index (χ0n) is 8.88. The minimum absolute atomic E-state index is 0.0342. The quantitative estimate of drug-likeness (QED) is 0.809. The second kappa shape index (κ2) is 3.73. The summed E-state index contributed by atoms with van der Waals surface area (Å²) in [5.41, 5.74) is 1.18. The van der Waals surface area contributed by atoms with Crippen molar-refractivity contribution in [1.82, 2.24) is 19.7 Å². The van der Waals surface area contributed by atoms with E-state index in [-0.39, 0.29) is 5.69 Å². The smallest absolute Gasteiger partial charge is 0.357 e. The van der Waals surface area contributed by atoms with Gasteiger partial charge in [0.1, 0.15) is 0 Å². The maximum Gasteiger partial charge on any atom is 0.357 e. The molecule has 0 aliphatic rings. The summed E-state index contributed by atoms with van der Waals surface area (Å²) in [6.07, 6.45) is 3.19. The Labute approximate surface area is 91.6 Å². The summed E-state index contributed by atoms with van der Waals surface area (Å²) in [6, 6.07) is 1.75. The van der Waals surface area contributed by atoms with E-state index in [4.69, 9.17) is 5.11 Å². The molecule has 0 spiro atoms. The first-order valence-corrected chi connectivity index (χ1v) is 4.65. The van der Waals surface area contributed by atoms with Crippen molar-refractivity contribution in [1.29, 1.82) is 0 Å². The Morgan fingerprint density at radius 3 is 2.88 bits per heavy atom. The van der Waals surface area contributed by atoms with Crippen molar-refractivity contribution in [2.24, 2.45) is 7.05 Å². The highest BCUT2D eigenvalue weighted by molar-refractivity contribution is 5.92. The Bertz CT molecular complexity index is 548. The lowest BCUT2D eigenvalue weighted by molar-refractivity contribution is 0.0690. The van der Waals surface area contributed by atoms with Gasteiger partial charge >= 0.3 is 5.97 Å². The largest absolute Gasteiger partial charge is 0.476 e. The third kappa shape index (κ3) is 1.77. The molecule has 1 N–H and O–H groups in total. The van der Waals surface area contributed by atoms with Crippen LogP contribution in [0, 0.1) is 6.92 Å². The lowest BCUT2D eigenvalue weighted by Crippen LogP contribution is -2.02. The van der Waals surface area contributed by atoms with E-state index in [1.165, 1.54) is 4.68 Å². The van der Waals surface area contributed by atoms with Crippen LogP contribution in [0.25, 0.3) is 11.4 Å². The number of carboxylic acid groups (broad SMARTS) is 1. The zero-order valence-corrected chi connectivity index (χ0v) is 8.88. The van der Waals surface area contributed by atoms with E-state index < -0.39 is 5.97 Å². The van der Waals surface area contributed by atoms with Crippen LogP contribution in [0.1, 0.15) is 16.2 Å². The van der Waals surface area contributed by atoms with Crippen LogP contribution in [0.3, 0.4) is 0 Å². The third-order valence-corrected chi connectivity index (χ3v) is 2.07. The standard InChI is InChI=1S/C10H10N4O2/c1-6-3-4-11-9(12-6)7-5-14(2)13-8(7)10(15)16/h3-5H,1-2H3,(H,15,16). The van der Waals surface area contributed by atoms with Crippen LogP contribution in [0.2, 0.25) is 0 Å². The monoisotopic (exact) mass is 218 g/mol. The van der Waals surface area contributed by atoms with Gasteiger partial charge in [0, 0.05) is 25.1 Å². The number of hydrogen-bond acceptors (Lipinski definition) is 4. The van der Waals surface area contributed by atoms with Crippen LogP contribution >= 0.6 is 0 Å². The van der Waals surface area contributed by atoms with Gasteiger partial charge in [-0.1, -0.05) is 0 Å². The minimum Gasteiger partial charge on any atom is -0.476 e. The second-order valence-electron chi connectivity index (χ2n) is 3.39. The number of rotatable bonds is 2. The molecule has 0 radical (unpaired) electrons. The van der Waals surface area contributed by atoms with Gasteiger partial charge in [0.15, 0.2) is 11.5 Å². The molecular weight excluding hydrogens is 208 g/mol. The summed E-state index contributed by atoms with van der Waals surface area (Å²) < 4.78 is 1.44. The molecule has 0 amide bonds. The van der Waals surface area contributed by atoms with Crippen LogP contribution in [0.5, 0.6) is 0 Å². The molecule has 0 aliphatic heterocycles. The highest BCUT2D eigenvalue weighted by Gasteiger charge is 2.18. The van der Waals surface area contributed by atoms with Gasteiger partial charge in [-0.25, -0.2) is 14.8 Å². The molecule has 0 aliphatic carbocycles. The molecule has 2 aromatic heterocycles. The molecule has 2 aromatic rings. The molecule has 2 heterocycles. The number of hydrogen-bond donors (Lipinski definition) is 1. The van der Waals surface area contributed by atoms with Crippen molar-refractivity contribution in [2.45, 2.75) is 6.92 Å². The van der Waals surface area contributed by atoms with Crippen LogP contribution in [-0.2, 0) is 7.05 Å². The first-order valence-electron chi connectivity index (χ1n) is 4.65. The Hall–Kier alpha value is -2.24. The van der Waals surface area contributed by atoms with Gasteiger partial charge in [-0.3, -0.25) is 4.68 Å². The van der Waals surface area contributed by atoms with Crippen molar-refractivity contribution >= 4 is 5.97 Å². The molecule has 0 saturated carbocycles. The van der Waals surface area contributed by atoms with Gasteiger partial charge < -0.3 is 5.11 Å². The van der Waals surface area contributed by atoms with E-state index in [9.17, 15) is 4.79 Å². The van der Waals surface area contributed by atoms with Crippen LogP contribution in [0.15, 0.2) is 18.5 Å². The Kier molecular flexibility index (Phi) is 2.40. The van der Waals surface area contributed by atoms with Crippen molar-refractivity contribution in [2.75, 3.05) is 0 Å². The lowest BCUT2D eigenvalue weighted by atomic mass is 10.2. The van der Waals surface area contributed by atoms with Crippen molar-refractivity contribution in [3.05, 3.63) is 29.8 Å². The van der Waals surface area contributed by atoms with E-state index in [2.05, 4.69) is 15.1 Å². The van der Waals surface area contributed by atoms with Gasteiger partial charge in [-0.2, -0.15) is 5.10 Å². The van der Waals surface area contributed by atoms with E-state index in [0.717, 1.165) is 5.69 Å². The van der Waals surface area contributed by atoms with Gasteiger partial charge in [-0.15, -0.1) is 0 Å². The summed E-state index contributed by atoms with van der Waals surface area (Å²) >= 11 is 0. The number of aromatic nitrogens is 4. The molecule has 0 atom stereocenters. The van der Waals surface area contributed by atoms with Gasteiger partial charge in [0.2, 0.25) is 0 Å². The zero-order chi connectivity index (χ0) is 11.7. The fourth-order valence-electron chi connectivity index (χ4n) is 1.39. The molecule has 0 unspecified atom stereocenters. The maximum absolute atomic E-state index is 11.0. The summed E-state index contributed by atoms with van der Waals surface area (Å²) in [5.74, 6) is -0.703. The fourth-order valence-corrected chi connectivity index (χ4v) is 1.39. The number of nitrogens with zero attached hydrogens (tertiary/aromatic N) is 4. The van der Waals surface area contributed by atoms with Crippen LogP contribution < -0.4 is 0 Å². The highest BCUT2D eigenvalue weighted by Crippen LogP contribution is 2.18. The van der Waals surface area contributed by atoms with Crippen molar-refractivity contribution in [3.8, 4) is 11.4 Å². The van der Waals surface area contributed by atoms with Gasteiger partial charge in [0.05, 0.1) is 5.56 Å². The van der Waals surface area contributed by atoms with E-state index in [0.29, 0.717) is 11.4 Å². The molecule has 82 valence electrons. The van der Waals surface area contributed by atoms with Crippen LogP contribution in [-0.4, -0.2) is 30.8 Å². The summed E-state index contributed by atoms with van der Waals surface area (Å²) in [5, 5.41) is 12.8. The number of aromatic carboxylic acids is 1. The average Bonchev–Trinajstić information content (AvgIpc) is 2.60. The van der Waals surface area contributed by atoms with Gasteiger partial charge in [-0.05, 0) is 13.0 Å². The topological polar surface area (TPSA) is 80.9 Å². The Balaban J connectivity index is 2.59. The van der Waals surface area contributed by atoms with Crippen molar-refractivity contribution in [3.63, 3.8) is 0 Å². The molecule has 2 rings (SSSR count). The molecule has 0 saturated heterocycles. The molecule has 0 fully saturated rings.